The van der Waals surface area contributed by atoms with Crippen LogP contribution in [0.25, 0.3) is 0 Å². The Kier molecular flexibility index (Phi) is 15.2. The van der Waals surface area contributed by atoms with Crippen LogP contribution in [0.4, 0.5) is 0 Å². The van der Waals surface area contributed by atoms with Gasteiger partial charge < -0.3 is 31.9 Å². The van der Waals surface area contributed by atoms with Crippen LogP contribution in [0.3, 0.4) is 0 Å². The third kappa shape index (κ3) is 13.4. The summed E-state index contributed by atoms with van der Waals surface area (Å²) >= 11 is 1.42. The smallest absolute Gasteiger partial charge is 0.326 e. The Morgan fingerprint density at radius 1 is 0.765 bits per heavy atom. The Morgan fingerprint density at radius 3 is 1.74 bits per heavy atom. The van der Waals surface area contributed by atoms with Gasteiger partial charge in [-0.05, 0) is 49.5 Å². The number of nitrogens with one attached hydrogen (secondary N) is 3. The topological polar surface area (TPSA) is 188 Å². The average Bonchev–Trinajstić information content (AvgIpc) is 2.71. The Morgan fingerprint density at radius 2 is 1.26 bits per heavy atom. The normalized spacial score (nSPS) is 14.7. The first-order chi connectivity index (χ1) is 15.8. The predicted octanol–water partition coefficient (Wildman–Crippen LogP) is 0.563. The number of carboxylic acids is 2. The molecule has 4 atom stereocenters. The van der Waals surface area contributed by atoms with E-state index < -0.39 is 60.2 Å². The van der Waals surface area contributed by atoms with E-state index in [1.54, 1.807) is 6.26 Å². The molecule has 0 aromatic heterocycles. The van der Waals surface area contributed by atoms with Crippen molar-refractivity contribution >= 4 is 41.4 Å². The average molecular weight is 505 g/mol. The number of rotatable bonds is 17. The minimum atomic E-state index is -1.28. The van der Waals surface area contributed by atoms with E-state index in [1.807, 2.05) is 27.7 Å². The quantitative estimate of drug-likeness (QED) is 0.164. The molecule has 0 aromatic rings. The van der Waals surface area contributed by atoms with Crippen molar-refractivity contribution in [1.29, 1.82) is 0 Å². The van der Waals surface area contributed by atoms with Gasteiger partial charge in [0.05, 0.1) is 6.04 Å². The number of hydrogen-bond donors (Lipinski definition) is 6. The molecule has 0 saturated heterocycles. The number of nitrogens with two attached hydrogens (primary N) is 1. The molecule has 0 fully saturated rings. The highest BCUT2D eigenvalue weighted by atomic mass is 32.2. The van der Waals surface area contributed by atoms with E-state index in [9.17, 15) is 29.1 Å². The van der Waals surface area contributed by atoms with Crippen LogP contribution in [-0.2, 0) is 24.0 Å². The summed E-state index contributed by atoms with van der Waals surface area (Å²) in [5.74, 6) is -3.67. The summed E-state index contributed by atoms with van der Waals surface area (Å²) in [6, 6.07) is -4.25. The summed E-state index contributed by atoms with van der Waals surface area (Å²) in [7, 11) is 0. The minimum Gasteiger partial charge on any atom is -0.481 e. The van der Waals surface area contributed by atoms with Crippen molar-refractivity contribution in [2.75, 3.05) is 12.0 Å². The minimum absolute atomic E-state index is 0.0200. The highest BCUT2D eigenvalue weighted by molar-refractivity contribution is 7.98. The second-order valence-corrected chi connectivity index (χ2v) is 10.1. The lowest BCUT2D eigenvalue weighted by molar-refractivity contribution is -0.143. The maximum Gasteiger partial charge on any atom is 0.326 e. The van der Waals surface area contributed by atoms with Crippen molar-refractivity contribution in [2.45, 2.75) is 84.0 Å². The van der Waals surface area contributed by atoms with E-state index in [4.69, 9.17) is 10.8 Å². The van der Waals surface area contributed by atoms with Crippen molar-refractivity contribution in [3.05, 3.63) is 0 Å². The van der Waals surface area contributed by atoms with Gasteiger partial charge in [0.25, 0.3) is 0 Å². The van der Waals surface area contributed by atoms with Crippen LogP contribution in [0.2, 0.25) is 0 Å². The molecule has 0 aromatic carbocycles. The van der Waals surface area contributed by atoms with E-state index in [0.29, 0.717) is 12.2 Å². The molecule has 196 valence electrons. The number of carbonyl (C=O) groups is 5. The Labute approximate surface area is 205 Å². The van der Waals surface area contributed by atoms with E-state index >= 15 is 0 Å². The van der Waals surface area contributed by atoms with Crippen molar-refractivity contribution in [3.63, 3.8) is 0 Å². The molecule has 0 heterocycles. The third-order valence-electron chi connectivity index (χ3n) is 4.91. The number of carboxylic acid groups (broad SMARTS) is 2. The molecule has 0 aliphatic carbocycles. The summed E-state index contributed by atoms with van der Waals surface area (Å²) in [6.07, 6.45) is 2.01. The van der Waals surface area contributed by atoms with Crippen LogP contribution in [0, 0.1) is 11.8 Å². The largest absolute Gasteiger partial charge is 0.481 e. The molecule has 11 nitrogen and oxygen atoms in total. The Hall–Kier alpha value is -2.34. The van der Waals surface area contributed by atoms with E-state index in [1.165, 1.54) is 11.8 Å². The molecule has 0 rings (SSSR count). The zero-order valence-electron chi connectivity index (χ0n) is 20.6. The van der Waals surface area contributed by atoms with E-state index in [-0.39, 0.29) is 31.1 Å². The summed E-state index contributed by atoms with van der Waals surface area (Å²) < 4.78 is 0. The molecule has 0 radical (unpaired) electrons. The van der Waals surface area contributed by atoms with Gasteiger partial charge >= 0.3 is 11.9 Å². The number of carbonyl (C=O) groups excluding carboxylic acids is 3. The highest BCUT2D eigenvalue weighted by Crippen LogP contribution is 2.10. The molecule has 0 bridgehead atoms. The zero-order chi connectivity index (χ0) is 26.4. The molecule has 34 heavy (non-hydrogen) atoms. The van der Waals surface area contributed by atoms with Gasteiger partial charge in [0.2, 0.25) is 17.7 Å². The van der Waals surface area contributed by atoms with Crippen LogP contribution < -0.4 is 21.7 Å². The molecule has 0 saturated carbocycles. The van der Waals surface area contributed by atoms with Crippen LogP contribution >= 0.6 is 11.8 Å². The van der Waals surface area contributed by atoms with Crippen molar-refractivity contribution in [3.8, 4) is 0 Å². The number of aliphatic carboxylic acids is 2. The summed E-state index contributed by atoms with van der Waals surface area (Å²) in [5.41, 5.74) is 5.92. The molecular formula is C22H40N4O7S. The summed E-state index contributed by atoms with van der Waals surface area (Å²) in [4.78, 5) is 60.8. The van der Waals surface area contributed by atoms with Crippen molar-refractivity contribution in [2.24, 2.45) is 17.6 Å². The maximum absolute atomic E-state index is 13.0. The molecule has 7 N–H and O–H groups in total. The molecular weight excluding hydrogens is 464 g/mol. The fourth-order valence-corrected chi connectivity index (χ4v) is 3.64. The van der Waals surface area contributed by atoms with Crippen molar-refractivity contribution in [1.82, 2.24) is 16.0 Å². The second kappa shape index (κ2) is 16.3. The van der Waals surface area contributed by atoms with Crippen LogP contribution in [0.15, 0.2) is 0 Å². The number of amides is 3. The lowest BCUT2D eigenvalue weighted by atomic mass is 10.00. The van der Waals surface area contributed by atoms with Gasteiger partial charge in [0.1, 0.15) is 18.1 Å². The van der Waals surface area contributed by atoms with Gasteiger partial charge in [-0.15, -0.1) is 0 Å². The van der Waals surface area contributed by atoms with E-state index in [2.05, 4.69) is 16.0 Å². The van der Waals surface area contributed by atoms with Gasteiger partial charge in [-0.1, -0.05) is 27.7 Å². The third-order valence-corrected chi connectivity index (χ3v) is 5.55. The maximum atomic E-state index is 13.0. The first-order valence-electron chi connectivity index (χ1n) is 11.4. The lowest BCUT2D eigenvalue weighted by Crippen LogP contribution is -2.57. The van der Waals surface area contributed by atoms with Gasteiger partial charge in [-0.2, -0.15) is 11.8 Å². The summed E-state index contributed by atoms with van der Waals surface area (Å²) in [6.45, 7) is 7.55. The van der Waals surface area contributed by atoms with E-state index in [0.717, 1.165) is 0 Å². The van der Waals surface area contributed by atoms with Crippen LogP contribution in [0.5, 0.6) is 0 Å². The molecule has 12 heteroatoms. The molecule has 3 amide bonds. The first kappa shape index (κ1) is 31.7. The Bertz CT molecular complexity index is 703. The lowest BCUT2D eigenvalue weighted by Gasteiger charge is -2.26. The fraction of sp³-hybridized carbons (Fsp3) is 0.773. The monoisotopic (exact) mass is 504 g/mol. The highest BCUT2D eigenvalue weighted by Gasteiger charge is 2.31. The Balaban J connectivity index is 5.53. The molecule has 0 aliphatic heterocycles. The van der Waals surface area contributed by atoms with Gasteiger partial charge in [0, 0.05) is 6.42 Å². The first-order valence-corrected chi connectivity index (χ1v) is 12.8. The SMILES string of the molecule is CSCCC(NC(=O)C(CCC(=O)O)NC(=O)C(CC(C)C)NC(=O)C(N)CC(C)C)C(=O)O. The summed E-state index contributed by atoms with van der Waals surface area (Å²) in [5, 5.41) is 25.9. The number of thioether (sulfide) groups is 1. The van der Waals surface area contributed by atoms with Crippen LogP contribution in [0.1, 0.15) is 59.8 Å². The molecule has 0 aliphatic rings. The van der Waals surface area contributed by atoms with Gasteiger partial charge in [-0.25, -0.2) is 4.79 Å². The zero-order valence-corrected chi connectivity index (χ0v) is 21.4. The van der Waals surface area contributed by atoms with Gasteiger partial charge in [0.15, 0.2) is 0 Å². The standard InChI is InChI=1S/C22H40N4O7S/c1-12(2)10-14(23)19(29)26-17(11-13(3)4)21(31)24-15(6-7-18(27)28)20(30)25-16(22(32)33)8-9-34-5/h12-17H,6-11,23H2,1-5H3,(H,24,31)(H,25,30)(H,26,29)(H,27,28)(H,32,33). The fourth-order valence-electron chi connectivity index (χ4n) is 3.17. The molecule has 0 spiro atoms. The van der Waals surface area contributed by atoms with Gasteiger partial charge in [-0.3, -0.25) is 19.2 Å². The number of hydrogen-bond acceptors (Lipinski definition) is 7. The molecule has 4 unspecified atom stereocenters. The second-order valence-electron chi connectivity index (χ2n) is 9.10. The predicted molar refractivity (Wildman–Crippen MR) is 130 cm³/mol. The van der Waals surface area contributed by atoms with Crippen LogP contribution in [-0.4, -0.2) is 76.0 Å². The van der Waals surface area contributed by atoms with Crippen molar-refractivity contribution < 1.29 is 34.2 Å².